The molecule has 6 rings (SSSR count). The zero-order chi connectivity index (χ0) is 34.4. The van der Waals surface area contributed by atoms with Crippen molar-refractivity contribution in [3.05, 3.63) is 51.8 Å². The van der Waals surface area contributed by atoms with Crippen LogP contribution in [0.15, 0.2) is 24.3 Å². The second-order valence-corrected chi connectivity index (χ2v) is 16.2. The third-order valence-corrected chi connectivity index (χ3v) is 12.0. The predicted molar refractivity (Wildman–Crippen MR) is 183 cm³/mol. The molecule has 0 amide bonds. The molecule has 2 saturated heterocycles. The number of alkyl halides is 3. The number of sulfonamides is 1. The molecule has 0 spiro atoms. The van der Waals surface area contributed by atoms with Crippen LogP contribution in [0.1, 0.15) is 47.3 Å². The molecule has 15 heteroatoms. The number of piperazine rings is 1. The second-order valence-electron chi connectivity index (χ2n) is 13.1. The summed E-state index contributed by atoms with van der Waals surface area (Å²) in [6.45, 7) is 11.4. The Morgan fingerprint density at radius 3 is 2.42 bits per heavy atom. The van der Waals surface area contributed by atoms with Crippen LogP contribution in [0, 0.1) is 25.2 Å². The monoisotopic (exact) mass is 702 g/mol. The molecule has 10 nitrogen and oxygen atoms in total. The molecule has 1 aromatic carbocycles. The minimum Gasteiger partial charge on any atom is -0.367 e. The maximum Gasteiger partial charge on any atom is 0.393 e. The Bertz CT molecular complexity index is 1950. The number of piperidine rings is 1. The minimum absolute atomic E-state index is 0.133. The van der Waals surface area contributed by atoms with Gasteiger partial charge in [0.05, 0.1) is 18.1 Å². The zero-order valence-electron chi connectivity index (χ0n) is 27.6. The first-order chi connectivity index (χ1) is 22.7. The van der Waals surface area contributed by atoms with E-state index in [4.69, 9.17) is 0 Å². The number of nitrogens with zero attached hydrogens (tertiary/aromatic N) is 7. The fourth-order valence-electron chi connectivity index (χ4n) is 6.98. The molecule has 2 aliphatic rings. The number of hydrogen-bond acceptors (Lipinski definition) is 9. The molecule has 3 aromatic heterocycles. The number of aromatic nitrogens is 3. The summed E-state index contributed by atoms with van der Waals surface area (Å²) in [5, 5.41) is 15.2. The topological polar surface area (TPSA) is 110 Å². The lowest BCUT2D eigenvalue weighted by atomic mass is 10.0. The van der Waals surface area contributed by atoms with E-state index in [-0.39, 0.29) is 17.0 Å². The number of halogens is 3. The van der Waals surface area contributed by atoms with E-state index in [1.54, 1.807) is 13.0 Å². The Labute approximate surface area is 283 Å². The van der Waals surface area contributed by atoms with Crippen LogP contribution >= 0.6 is 11.3 Å². The summed E-state index contributed by atoms with van der Waals surface area (Å²) < 4.78 is 66.5. The van der Waals surface area contributed by atoms with Gasteiger partial charge in [-0.3, -0.25) is 9.80 Å². The molecule has 0 unspecified atom stereocenters. The molecule has 1 N–H and O–H groups in total. The van der Waals surface area contributed by atoms with Crippen molar-refractivity contribution in [1.29, 1.82) is 5.26 Å². The predicted octanol–water partition coefficient (Wildman–Crippen LogP) is 5.28. The van der Waals surface area contributed by atoms with Crippen LogP contribution in [0.5, 0.6) is 0 Å². The fourth-order valence-corrected chi connectivity index (χ4v) is 8.91. The normalized spacial score (nSPS) is 18.5. The van der Waals surface area contributed by atoms with Gasteiger partial charge >= 0.3 is 6.18 Å². The molecule has 2 fully saturated rings. The van der Waals surface area contributed by atoms with Crippen LogP contribution in [0.2, 0.25) is 0 Å². The largest absolute Gasteiger partial charge is 0.393 e. The number of fused-ring (bicyclic) bond motifs is 2. The lowest BCUT2D eigenvalue weighted by Crippen LogP contribution is -2.51. The molecule has 48 heavy (non-hydrogen) atoms. The highest BCUT2D eigenvalue weighted by Crippen LogP contribution is 2.34. The Hall–Kier alpha value is -3.29. The first-order valence-corrected chi connectivity index (χ1v) is 18.9. The Morgan fingerprint density at radius 2 is 1.77 bits per heavy atom. The van der Waals surface area contributed by atoms with Crippen molar-refractivity contribution in [1.82, 2.24) is 28.6 Å². The van der Waals surface area contributed by atoms with Crippen molar-refractivity contribution in [3.8, 4) is 6.07 Å². The number of benzene rings is 1. The number of rotatable bonds is 9. The molecule has 258 valence electrons. The molecular formula is C33H41F3N8O2S2. The fraction of sp³-hybridized carbons (Fsp3) is 0.545. The molecule has 5 heterocycles. The van der Waals surface area contributed by atoms with Gasteiger partial charge in [0, 0.05) is 80.2 Å². The van der Waals surface area contributed by atoms with E-state index < -0.39 is 22.6 Å². The average molecular weight is 703 g/mol. The highest BCUT2D eigenvalue weighted by Gasteiger charge is 2.30. The van der Waals surface area contributed by atoms with Crippen LogP contribution in [-0.2, 0) is 29.5 Å². The van der Waals surface area contributed by atoms with Crippen molar-refractivity contribution < 1.29 is 21.6 Å². The maximum absolute atomic E-state index is 13.0. The van der Waals surface area contributed by atoms with Gasteiger partial charge in [0.1, 0.15) is 28.2 Å². The van der Waals surface area contributed by atoms with Gasteiger partial charge in [-0.2, -0.15) is 22.7 Å². The number of nitriles is 1. The first-order valence-electron chi connectivity index (χ1n) is 16.2. The van der Waals surface area contributed by atoms with E-state index in [1.165, 1.54) is 16.1 Å². The molecule has 0 saturated carbocycles. The Kier molecular flexibility index (Phi) is 9.76. The minimum atomic E-state index is -4.27. The first kappa shape index (κ1) is 34.6. The van der Waals surface area contributed by atoms with Crippen LogP contribution in [-0.4, -0.2) is 101 Å². The van der Waals surface area contributed by atoms with E-state index in [9.17, 15) is 26.9 Å². The van der Waals surface area contributed by atoms with Crippen molar-refractivity contribution in [2.45, 2.75) is 71.4 Å². The van der Waals surface area contributed by atoms with Crippen molar-refractivity contribution >= 4 is 48.3 Å². The molecule has 0 radical (unpaired) electrons. The number of anilines is 1. The highest BCUT2D eigenvalue weighted by atomic mass is 32.2. The summed E-state index contributed by atoms with van der Waals surface area (Å²) in [4.78, 5) is 14.4. The van der Waals surface area contributed by atoms with E-state index in [0.29, 0.717) is 60.3 Å². The number of likely N-dealkylation sites (tertiary alicyclic amines) is 1. The van der Waals surface area contributed by atoms with Gasteiger partial charge in [0.25, 0.3) is 0 Å². The Morgan fingerprint density at radius 1 is 1.06 bits per heavy atom. The van der Waals surface area contributed by atoms with Gasteiger partial charge in [-0.1, -0.05) is 6.07 Å². The third kappa shape index (κ3) is 7.63. The van der Waals surface area contributed by atoms with Crippen LogP contribution in [0.3, 0.4) is 0 Å². The molecule has 0 bridgehead atoms. The summed E-state index contributed by atoms with van der Waals surface area (Å²) >= 11 is 1.07. The summed E-state index contributed by atoms with van der Waals surface area (Å²) in [7, 11) is -3.19. The van der Waals surface area contributed by atoms with E-state index >= 15 is 0 Å². The van der Waals surface area contributed by atoms with Crippen LogP contribution in [0.4, 0.5) is 19.0 Å². The quantitative estimate of drug-likeness (QED) is 0.251. The summed E-state index contributed by atoms with van der Waals surface area (Å²) in [6.07, 6.45) is -2.24. The molecule has 2 aliphatic heterocycles. The van der Waals surface area contributed by atoms with E-state index in [2.05, 4.69) is 61.7 Å². The van der Waals surface area contributed by atoms with E-state index in [0.717, 1.165) is 60.3 Å². The highest BCUT2D eigenvalue weighted by molar-refractivity contribution is 7.88. The Balaban J connectivity index is 1.09. The summed E-state index contributed by atoms with van der Waals surface area (Å²) in [5.41, 5.74) is 4.01. The number of hydrogen-bond donors (Lipinski definition) is 1. The van der Waals surface area contributed by atoms with Crippen LogP contribution in [0.25, 0.3) is 21.1 Å². The van der Waals surface area contributed by atoms with Crippen LogP contribution < -0.4 is 5.32 Å². The number of aryl methyl sites for hydroxylation is 2. The third-order valence-electron chi connectivity index (χ3n) is 9.65. The maximum atomic E-state index is 13.0. The van der Waals surface area contributed by atoms with Gasteiger partial charge in [-0.25, -0.2) is 18.4 Å². The van der Waals surface area contributed by atoms with Gasteiger partial charge < -0.3 is 9.88 Å². The van der Waals surface area contributed by atoms with Gasteiger partial charge in [0.2, 0.25) is 10.0 Å². The smallest absolute Gasteiger partial charge is 0.367 e. The van der Waals surface area contributed by atoms with Crippen molar-refractivity contribution in [2.75, 3.05) is 50.8 Å². The standard InChI is InChI=1S/C33H41F3N8O2S2/c1-21(42-11-13-43(14-12-42)48(4,45)46)19-44-26(18-37)15-28-22(2)24(5-6-30(28)44)20-41-9-7-25(8-10-41)40-31-29-16-27(17-33(34,35)36)47-32(29)39-23(3)38-31/h5-6,15-16,21,25H,7-14,17,19-20H2,1-4H3,(H,38,39,40)/t21-/m0/s1. The molecule has 0 aliphatic carbocycles. The lowest BCUT2D eigenvalue weighted by Gasteiger charge is -2.37. The number of nitrogens with one attached hydrogen (secondary N) is 1. The summed E-state index contributed by atoms with van der Waals surface area (Å²) in [5.74, 6) is 1.13. The lowest BCUT2D eigenvalue weighted by molar-refractivity contribution is -0.126. The number of thiophene rings is 1. The van der Waals surface area contributed by atoms with Crippen molar-refractivity contribution in [2.24, 2.45) is 0 Å². The summed E-state index contributed by atoms with van der Waals surface area (Å²) in [6, 6.07) is 10.5. The van der Waals surface area contributed by atoms with Gasteiger partial charge in [-0.15, -0.1) is 11.3 Å². The zero-order valence-corrected chi connectivity index (χ0v) is 29.3. The SMILES string of the molecule is Cc1nc(NC2CCN(Cc3ccc4c(cc(C#N)n4C[C@H](C)N4CCN(S(C)(=O)=O)CC4)c3C)CC2)c2cc(CC(F)(F)F)sc2n1. The second kappa shape index (κ2) is 13.5. The average Bonchev–Trinajstić information content (AvgIpc) is 3.58. The van der Waals surface area contributed by atoms with Gasteiger partial charge in [0.15, 0.2) is 0 Å². The molecular weight excluding hydrogens is 662 g/mol. The van der Waals surface area contributed by atoms with Gasteiger partial charge in [-0.05, 0) is 62.9 Å². The molecule has 4 aromatic rings. The molecule has 1 atom stereocenters. The van der Waals surface area contributed by atoms with Crippen molar-refractivity contribution in [3.63, 3.8) is 0 Å². The van der Waals surface area contributed by atoms with E-state index in [1.807, 2.05) is 6.07 Å².